The SMILES string of the molecule is CC1CN(c2c(CO[Si](c3ccccc3)(c3ccccc3)C(C)(C)C)cc3c(C(=O)NN)noc3c2F)CC(C)O1. The fourth-order valence-electron chi connectivity index (χ4n) is 6.07. The zero-order chi connectivity index (χ0) is 29.4. The quantitative estimate of drug-likeness (QED) is 0.147. The number of hydrogen-bond donors (Lipinski definition) is 2. The van der Waals surface area contributed by atoms with Gasteiger partial charge in [0.05, 0.1) is 29.9 Å². The fraction of sp³-hybridized carbons (Fsp3) is 0.355. The lowest BCUT2D eigenvalue weighted by Crippen LogP contribution is -2.66. The molecule has 0 spiro atoms. The topological polar surface area (TPSA) is 103 Å². The van der Waals surface area contributed by atoms with E-state index in [2.05, 4.69) is 55.6 Å². The van der Waals surface area contributed by atoms with Crippen molar-refractivity contribution in [2.75, 3.05) is 18.0 Å². The molecule has 2 unspecified atom stereocenters. The first-order chi connectivity index (χ1) is 19.6. The van der Waals surface area contributed by atoms with Crippen LogP contribution in [-0.4, -0.2) is 44.7 Å². The number of ether oxygens (including phenoxy) is 1. The Hall–Kier alpha value is -3.57. The third-order valence-corrected chi connectivity index (χ3v) is 12.7. The average Bonchev–Trinajstić information content (AvgIpc) is 3.37. The number of fused-ring (bicyclic) bond motifs is 1. The molecule has 3 N–H and O–H groups in total. The molecule has 8 nitrogen and oxygen atoms in total. The summed E-state index contributed by atoms with van der Waals surface area (Å²) in [6.45, 7) is 11.6. The van der Waals surface area contributed by atoms with E-state index in [-0.39, 0.29) is 40.5 Å². The van der Waals surface area contributed by atoms with E-state index in [0.717, 1.165) is 10.4 Å². The van der Waals surface area contributed by atoms with Gasteiger partial charge >= 0.3 is 0 Å². The summed E-state index contributed by atoms with van der Waals surface area (Å²) in [7, 11) is -2.95. The normalized spacial score (nSPS) is 18.1. The van der Waals surface area contributed by atoms with Crippen molar-refractivity contribution in [3.05, 3.63) is 83.8 Å². The zero-order valence-electron chi connectivity index (χ0n) is 24.1. The van der Waals surface area contributed by atoms with Crippen molar-refractivity contribution in [1.29, 1.82) is 0 Å². The van der Waals surface area contributed by atoms with Crippen LogP contribution in [0, 0.1) is 5.82 Å². The van der Waals surface area contributed by atoms with E-state index in [4.69, 9.17) is 19.5 Å². The number of anilines is 1. The molecule has 0 aliphatic carbocycles. The summed E-state index contributed by atoms with van der Waals surface area (Å²) in [4.78, 5) is 14.4. The molecule has 0 bridgehead atoms. The molecule has 41 heavy (non-hydrogen) atoms. The highest BCUT2D eigenvalue weighted by atomic mass is 28.4. The maximum atomic E-state index is 16.4. The van der Waals surface area contributed by atoms with Gasteiger partial charge in [0.15, 0.2) is 11.5 Å². The number of nitrogens with two attached hydrogens (primary N) is 1. The summed E-state index contributed by atoms with van der Waals surface area (Å²) in [5.41, 5.74) is 2.86. The number of hydrazine groups is 1. The molecule has 1 aromatic heterocycles. The van der Waals surface area contributed by atoms with Crippen LogP contribution in [0.5, 0.6) is 0 Å². The molecule has 2 heterocycles. The fourth-order valence-corrected chi connectivity index (χ4v) is 10.6. The van der Waals surface area contributed by atoms with Gasteiger partial charge in [-0.2, -0.15) is 0 Å². The van der Waals surface area contributed by atoms with Crippen molar-refractivity contribution in [2.45, 2.75) is 58.5 Å². The van der Waals surface area contributed by atoms with Crippen molar-refractivity contribution in [3.63, 3.8) is 0 Å². The second-order valence-electron chi connectivity index (χ2n) is 11.7. The number of nitrogens with zero attached hydrogens (tertiary/aromatic N) is 2. The van der Waals surface area contributed by atoms with E-state index in [1.807, 2.05) is 55.1 Å². The molecule has 10 heteroatoms. The average molecular weight is 577 g/mol. The number of aromatic nitrogens is 1. The standard InChI is InChI=1S/C31H37FN4O4Si/c1-20-17-36(18-21(2)39-20)28-22(16-25-27(30(37)34-33)35-40-29(25)26(28)32)19-38-41(31(3,4)5,23-12-8-6-9-13-23)24-14-10-7-11-15-24/h6-16,20-21H,17-19,33H2,1-5H3,(H,34,37). The van der Waals surface area contributed by atoms with Gasteiger partial charge in [0.2, 0.25) is 5.58 Å². The third-order valence-electron chi connectivity index (χ3n) is 7.70. The van der Waals surface area contributed by atoms with E-state index in [1.165, 1.54) is 0 Å². The first kappa shape index (κ1) is 28.9. The summed E-state index contributed by atoms with van der Waals surface area (Å²) in [5.74, 6) is 4.13. The largest absolute Gasteiger partial charge is 0.403 e. The van der Waals surface area contributed by atoms with Gasteiger partial charge in [-0.3, -0.25) is 10.2 Å². The number of amides is 1. The molecule has 1 amide bonds. The first-order valence-electron chi connectivity index (χ1n) is 13.8. The highest BCUT2D eigenvalue weighted by Crippen LogP contribution is 2.40. The number of halogens is 1. The smallest absolute Gasteiger partial charge is 0.288 e. The minimum atomic E-state index is -2.95. The van der Waals surface area contributed by atoms with E-state index in [1.54, 1.807) is 6.07 Å². The summed E-state index contributed by atoms with van der Waals surface area (Å²) >= 11 is 0. The number of rotatable bonds is 7. The Labute approximate surface area is 240 Å². The predicted octanol–water partition coefficient (Wildman–Crippen LogP) is 4.26. The Kier molecular flexibility index (Phi) is 8.02. The molecular formula is C31H37FN4O4Si. The van der Waals surface area contributed by atoms with Gasteiger partial charge in [-0.05, 0) is 35.3 Å². The van der Waals surface area contributed by atoms with Crippen LogP contribution in [0.4, 0.5) is 10.1 Å². The Morgan fingerprint density at radius 1 is 1.07 bits per heavy atom. The zero-order valence-corrected chi connectivity index (χ0v) is 25.1. The molecular weight excluding hydrogens is 539 g/mol. The van der Waals surface area contributed by atoms with Crippen LogP contribution in [0.1, 0.15) is 50.7 Å². The van der Waals surface area contributed by atoms with Gasteiger partial charge < -0.3 is 18.6 Å². The van der Waals surface area contributed by atoms with Crippen molar-refractivity contribution < 1.29 is 22.9 Å². The number of hydrogen-bond acceptors (Lipinski definition) is 7. The Morgan fingerprint density at radius 3 is 2.15 bits per heavy atom. The Bertz CT molecular complexity index is 1470. The van der Waals surface area contributed by atoms with Crippen LogP contribution in [0.3, 0.4) is 0 Å². The molecule has 4 aromatic rings. The maximum Gasteiger partial charge on any atom is 0.288 e. The van der Waals surface area contributed by atoms with Crippen LogP contribution < -0.4 is 26.5 Å². The lowest BCUT2D eigenvalue weighted by Gasteiger charge is -2.43. The van der Waals surface area contributed by atoms with Gasteiger partial charge in [0.25, 0.3) is 14.2 Å². The monoisotopic (exact) mass is 576 g/mol. The predicted molar refractivity (Wildman–Crippen MR) is 160 cm³/mol. The molecule has 0 saturated carbocycles. The third kappa shape index (κ3) is 5.28. The number of carbonyl (C=O) groups is 1. The molecule has 1 aliphatic heterocycles. The Balaban J connectivity index is 1.70. The second-order valence-corrected chi connectivity index (χ2v) is 16.0. The minimum absolute atomic E-state index is 0.0802. The van der Waals surface area contributed by atoms with Crippen molar-refractivity contribution in [3.8, 4) is 0 Å². The van der Waals surface area contributed by atoms with Gasteiger partial charge in [-0.25, -0.2) is 10.2 Å². The Morgan fingerprint density at radius 2 is 1.63 bits per heavy atom. The summed E-state index contributed by atoms with van der Waals surface area (Å²) in [6, 6.07) is 22.3. The van der Waals surface area contributed by atoms with Crippen LogP contribution >= 0.6 is 0 Å². The molecule has 1 aliphatic rings. The second kappa shape index (κ2) is 11.4. The molecule has 0 radical (unpaired) electrons. The summed E-state index contributed by atoms with van der Waals surface area (Å²) in [5, 5.41) is 6.04. The van der Waals surface area contributed by atoms with Crippen molar-refractivity contribution >= 4 is 41.3 Å². The summed E-state index contributed by atoms with van der Waals surface area (Å²) in [6.07, 6.45) is -0.208. The van der Waals surface area contributed by atoms with E-state index < -0.39 is 20.0 Å². The van der Waals surface area contributed by atoms with Gasteiger partial charge in [-0.15, -0.1) is 0 Å². The molecule has 1 fully saturated rings. The van der Waals surface area contributed by atoms with Gasteiger partial charge in [0, 0.05) is 18.7 Å². The minimum Gasteiger partial charge on any atom is -0.403 e. The lowest BCUT2D eigenvalue weighted by molar-refractivity contribution is -0.00549. The van der Waals surface area contributed by atoms with Gasteiger partial charge in [0.1, 0.15) is 0 Å². The van der Waals surface area contributed by atoms with Crippen molar-refractivity contribution in [1.82, 2.24) is 10.6 Å². The molecule has 5 rings (SSSR count). The number of benzene rings is 3. The highest BCUT2D eigenvalue weighted by molar-refractivity contribution is 6.99. The maximum absolute atomic E-state index is 16.4. The number of nitrogen functional groups attached to an aromatic ring is 1. The van der Waals surface area contributed by atoms with Crippen LogP contribution in [-0.2, 0) is 15.8 Å². The van der Waals surface area contributed by atoms with E-state index in [0.29, 0.717) is 24.3 Å². The van der Waals surface area contributed by atoms with Crippen LogP contribution in [0.2, 0.25) is 5.04 Å². The number of morpholine rings is 1. The van der Waals surface area contributed by atoms with E-state index >= 15 is 4.39 Å². The molecule has 2 atom stereocenters. The number of carbonyl (C=O) groups excluding carboxylic acids is 1. The summed E-state index contributed by atoms with van der Waals surface area (Å²) < 4.78 is 34.9. The van der Waals surface area contributed by atoms with Crippen molar-refractivity contribution in [2.24, 2.45) is 5.84 Å². The van der Waals surface area contributed by atoms with Crippen LogP contribution in [0.15, 0.2) is 71.3 Å². The van der Waals surface area contributed by atoms with E-state index in [9.17, 15) is 4.79 Å². The first-order valence-corrected chi connectivity index (χ1v) is 15.7. The molecule has 3 aromatic carbocycles. The highest BCUT2D eigenvalue weighted by Gasteiger charge is 2.50. The molecule has 216 valence electrons. The van der Waals surface area contributed by atoms with Gasteiger partial charge in [-0.1, -0.05) is 86.6 Å². The lowest BCUT2D eigenvalue weighted by atomic mass is 10.1. The molecule has 1 saturated heterocycles. The van der Waals surface area contributed by atoms with Crippen LogP contribution in [0.25, 0.3) is 11.0 Å². The number of nitrogens with one attached hydrogen (secondary N) is 1.